The molecule has 1 aromatic rings. The van der Waals surface area contributed by atoms with E-state index in [-0.39, 0.29) is 18.1 Å². The van der Waals surface area contributed by atoms with E-state index < -0.39 is 5.97 Å². The molecule has 0 aliphatic carbocycles. The Morgan fingerprint density at radius 1 is 1.31 bits per heavy atom. The molecule has 2 aliphatic rings. The first-order valence-corrected chi connectivity index (χ1v) is 10.2. The number of fused-ring (bicyclic) bond motifs is 1. The second-order valence-corrected chi connectivity index (χ2v) is 8.58. The van der Waals surface area contributed by atoms with E-state index in [0.29, 0.717) is 23.2 Å². The van der Waals surface area contributed by atoms with Crippen molar-refractivity contribution in [2.45, 2.75) is 56.4 Å². The van der Waals surface area contributed by atoms with Crippen LogP contribution >= 0.6 is 11.8 Å². The number of carbonyl (C=O) groups excluding carboxylic acids is 1. The summed E-state index contributed by atoms with van der Waals surface area (Å²) < 4.78 is 0. The highest BCUT2D eigenvalue weighted by atomic mass is 32.2. The smallest absolute Gasteiger partial charge is 0.331 e. The van der Waals surface area contributed by atoms with E-state index in [1.807, 2.05) is 23.9 Å². The molecule has 0 unspecified atom stereocenters. The third-order valence-corrected chi connectivity index (χ3v) is 6.60. The van der Waals surface area contributed by atoms with Crippen LogP contribution in [0.3, 0.4) is 0 Å². The van der Waals surface area contributed by atoms with Gasteiger partial charge in [0.2, 0.25) is 0 Å². The summed E-state index contributed by atoms with van der Waals surface area (Å²) in [5.74, 6) is 0.536. The number of carbonyl (C=O) groups is 2. The number of carboxylic acid groups (broad SMARTS) is 1. The summed E-state index contributed by atoms with van der Waals surface area (Å²) >= 11 is 1.86. The van der Waals surface area contributed by atoms with Crippen LogP contribution in [0, 0.1) is 0 Å². The van der Waals surface area contributed by atoms with Crippen molar-refractivity contribution in [3.8, 4) is 0 Å². The van der Waals surface area contributed by atoms with Crippen LogP contribution in [0.2, 0.25) is 0 Å². The number of aliphatic carboxylic acids is 1. The van der Waals surface area contributed by atoms with Crippen LogP contribution in [0.4, 0.5) is 4.79 Å². The predicted octanol–water partition coefficient (Wildman–Crippen LogP) is 3.61. The lowest BCUT2D eigenvalue weighted by molar-refractivity contribution is -0.132. The van der Waals surface area contributed by atoms with Crippen LogP contribution in [-0.2, 0) is 4.79 Å². The van der Waals surface area contributed by atoms with Gasteiger partial charge in [-0.15, -0.1) is 0 Å². The molecule has 0 radical (unpaired) electrons. The Bertz CT molecular complexity index is 700. The van der Waals surface area contributed by atoms with Crippen molar-refractivity contribution in [3.05, 3.63) is 41.0 Å². The van der Waals surface area contributed by atoms with Crippen molar-refractivity contribution in [1.82, 2.24) is 10.6 Å². The molecule has 26 heavy (non-hydrogen) atoms. The third-order valence-electron chi connectivity index (χ3n) is 5.09. The largest absolute Gasteiger partial charge is 0.478 e. The fourth-order valence-corrected chi connectivity index (χ4v) is 5.10. The first-order valence-electron chi connectivity index (χ1n) is 9.16. The maximum Gasteiger partial charge on any atom is 0.331 e. The molecule has 1 aromatic carbocycles. The molecule has 0 aromatic heterocycles. The van der Waals surface area contributed by atoms with Gasteiger partial charge < -0.3 is 15.7 Å². The van der Waals surface area contributed by atoms with E-state index in [4.69, 9.17) is 0 Å². The number of urea groups is 1. The van der Waals surface area contributed by atoms with E-state index in [9.17, 15) is 14.7 Å². The molecule has 0 saturated carbocycles. The Balaban J connectivity index is 1.57. The van der Waals surface area contributed by atoms with Gasteiger partial charge in [-0.25, -0.2) is 9.59 Å². The highest BCUT2D eigenvalue weighted by Gasteiger charge is 2.42. The SMILES string of the molecule is CC(C)c1ccc(C=C(CCC[C@@H]2SC[C@@H]3NC(=O)N[C@@H]32)C(=O)O)cc1. The Hall–Kier alpha value is -1.95. The summed E-state index contributed by atoms with van der Waals surface area (Å²) in [6.45, 7) is 4.28. The summed E-state index contributed by atoms with van der Waals surface area (Å²) in [4.78, 5) is 23.0. The van der Waals surface area contributed by atoms with Crippen LogP contribution in [0.15, 0.2) is 29.8 Å². The summed E-state index contributed by atoms with van der Waals surface area (Å²) in [6.07, 6.45) is 4.02. The Kier molecular flexibility index (Phi) is 5.91. The van der Waals surface area contributed by atoms with Gasteiger partial charge in [0.05, 0.1) is 12.1 Å². The fourth-order valence-electron chi connectivity index (χ4n) is 3.56. The lowest BCUT2D eigenvalue weighted by atomic mass is 9.98. The molecule has 140 valence electrons. The lowest BCUT2D eigenvalue weighted by Gasteiger charge is -2.16. The Morgan fingerprint density at radius 3 is 2.69 bits per heavy atom. The molecule has 3 atom stereocenters. The first kappa shape index (κ1) is 18.8. The Labute approximate surface area is 158 Å². The highest BCUT2D eigenvalue weighted by Crippen LogP contribution is 2.33. The van der Waals surface area contributed by atoms with Crippen LogP contribution in [0.5, 0.6) is 0 Å². The van der Waals surface area contributed by atoms with E-state index in [2.05, 4.69) is 36.6 Å². The maximum atomic E-state index is 11.6. The number of benzene rings is 1. The number of thioether (sulfide) groups is 1. The molecule has 5 nitrogen and oxygen atoms in total. The minimum absolute atomic E-state index is 0.0822. The van der Waals surface area contributed by atoms with Gasteiger partial charge in [0.15, 0.2) is 0 Å². The molecule has 3 N–H and O–H groups in total. The Morgan fingerprint density at radius 2 is 2.04 bits per heavy atom. The quantitative estimate of drug-likeness (QED) is 0.503. The molecule has 6 heteroatoms. The van der Waals surface area contributed by atoms with Crippen molar-refractivity contribution >= 4 is 29.8 Å². The first-order chi connectivity index (χ1) is 12.4. The predicted molar refractivity (Wildman–Crippen MR) is 105 cm³/mol. The monoisotopic (exact) mass is 374 g/mol. The minimum atomic E-state index is -0.856. The zero-order valence-corrected chi connectivity index (χ0v) is 16.0. The van der Waals surface area contributed by atoms with Gasteiger partial charge in [-0.2, -0.15) is 11.8 Å². The molecule has 0 bridgehead atoms. The van der Waals surface area contributed by atoms with Crippen LogP contribution in [0.25, 0.3) is 6.08 Å². The van der Waals surface area contributed by atoms with Crippen LogP contribution < -0.4 is 10.6 Å². The zero-order chi connectivity index (χ0) is 18.7. The summed E-state index contributed by atoms with van der Waals surface area (Å²) in [5.41, 5.74) is 2.61. The number of amides is 2. The minimum Gasteiger partial charge on any atom is -0.478 e. The topological polar surface area (TPSA) is 78.4 Å². The number of rotatable bonds is 7. The van der Waals surface area contributed by atoms with Crippen LogP contribution in [0.1, 0.15) is 50.2 Å². The molecule has 2 amide bonds. The van der Waals surface area contributed by atoms with E-state index >= 15 is 0 Å². The summed E-state index contributed by atoms with van der Waals surface area (Å²) in [5, 5.41) is 15.8. The number of nitrogens with one attached hydrogen (secondary N) is 2. The zero-order valence-electron chi connectivity index (χ0n) is 15.2. The van der Waals surface area contributed by atoms with Gasteiger partial charge in [-0.05, 0) is 42.4 Å². The molecular formula is C20H26N2O3S. The second kappa shape index (κ2) is 8.16. The fraction of sp³-hybridized carbons (Fsp3) is 0.500. The number of hydrogen-bond donors (Lipinski definition) is 3. The van der Waals surface area contributed by atoms with Crippen LogP contribution in [-0.4, -0.2) is 40.2 Å². The summed E-state index contributed by atoms with van der Waals surface area (Å²) in [6, 6.07) is 8.38. The molecule has 0 spiro atoms. The normalized spacial score (nSPS) is 25.1. The average Bonchev–Trinajstić information content (AvgIpc) is 3.14. The number of hydrogen-bond acceptors (Lipinski definition) is 3. The van der Waals surface area contributed by atoms with Crippen molar-refractivity contribution < 1.29 is 14.7 Å². The van der Waals surface area contributed by atoms with Gasteiger partial charge >= 0.3 is 12.0 Å². The molecule has 2 heterocycles. The molecule has 3 rings (SSSR count). The van der Waals surface area contributed by atoms with E-state index in [1.165, 1.54) is 5.56 Å². The van der Waals surface area contributed by atoms with Crippen molar-refractivity contribution in [1.29, 1.82) is 0 Å². The standard InChI is InChI=1S/C20H26N2O3S/c1-12(2)14-8-6-13(7-9-14)10-15(19(23)24)4-3-5-17-18-16(11-26-17)21-20(25)22-18/h6-10,12,16-18H,3-5,11H2,1-2H3,(H,23,24)(H2,21,22,25)/t16-,17-,18-/m0/s1. The van der Waals surface area contributed by atoms with Crippen molar-refractivity contribution in [2.24, 2.45) is 0 Å². The molecule has 2 fully saturated rings. The molecular weight excluding hydrogens is 348 g/mol. The third kappa shape index (κ3) is 4.41. The van der Waals surface area contributed by atoms with Crippen molar-refractivity contribution in [3.63, 3.8) is 0 Å². The number of carboxylic acids is 1. The molecule has 2 aliphatic heterocycles. The molecule has 2 saturated heterocycles. The van der Waals surface area contributed by atoms with Gasteiger partial charge in [0.25, 0.3) is 0 Å². The van der Waals surface area contributed by atoms with E-state index in [1.54, 1.807) is 6.08 Å². The lowest BCUT2D eigenvalue weighted by Crippen LogP contribution is -2.36. The van der Waals surface area contributed by atoms with Crippen molar-refractivity contribution in [2.75, 3.05) is 5.75 Å². The maximum absolute atomic E-state index is 11.6. The average molecular weight is 375 g/mol. The van der Waals surface area contributed by atoms with Gasteiger partial charge in [-0.3, -0.25) is 0 Å². The highest BCUT2D eigenvalue weighted by molar-refractivity contribution is 8.00. The van der Waals surface area contributed by atoms with Gasteiger partial charge in [0, 0.05) is 16.6 Å². The summed E-state index contributed by atoms with van der Waals surface area (Å²) in [7, 11) is 0. The van der Waals surface area contributed by atoms with Gasteiger partial charge in [0.1, 0.15) is 0 Å². The van der Waals surface area contributed by atoms with E-state index in [0.717, 1.165) is 24.2 Å². The van der Waals surface area contributed by atoms with Gasteiger partial charge in [-0.1, -0.05) is 38.1 Å². The second-order valence-electron chi connectivity index (χ2n) is 7.31.